The second-order valence-corrected chi connectivity index (χ2v) is 8.83. The first kappa shape index (κ1) is 21.6. The maximum atomic E-state index is 13.5. The molecule has 6 heteroatoms. The van der Waals surface area contributed by atoms with Crippen LogP contribution in [0.15, 0.2) is 60.8 Å². The normalized spacial score (nSPS) is 20.3. The fourth-order valence-electron chi connectivity index (χ4n) is 4.42. The van der Waals surface area contributed by atoms with E-state index in [2.05, 4.69) is 16.4 Å². The van der Waals surface area contributed by atoms with Crippen LogP contribution in [0.25, 0.3) is 11.1 Å². The Balaban J connectivity index is 1.24. The van der Waals surface area contributed by atoms with Crippen molar-refractivity contribution in [3.8, 4) is 16.9 Å². The number of hydrogen-bond acceptors (Lipinski definition) is 4. The van der Waals surface area contributed by atoms with Crippen LogP contribution in [0.1, 0.15) is 36.3 Å². The first-order valence-corrected chi connectivity index (χ1v) is 11.4. The summed E-state index contributed by atoms with van der Waals surface area (Å²) in [6, 6.07) is 16.4. The molecule has 2 aromatic carbocycles. The monoisotopic (exact) mass is 446 g/mol. The predicted molar refractivity (Wildman–Crippen MR) is 125 cm³/mol. The van der Waals surface area contributed by atoms with Gasteiger partial charge in [0.2, 0.25) is 5.91 Å². The maximum Gasteiger partial charge on any atom is 0.229 e. The Morgan fingerprint density at radius 1 is 1.09 bits per heavy atom. The van der Waals surface area contributed by atoms with Crippen molar-refractivity contribution >= 4 is 11.7 Å². The van der Waals surface area contributed by atoms with Crippen LogP contribution in [0.4, 0.5) is 10.2 Å². The zero-order valence-corrected chi connectivity index (χ0v) is 18.6. The van der Waals surface area contributed by atoms with Crippen molar-refractivity contribution < 1.29 is 18.7 Å². The van der Waals surface area contributed by atoms with Gasteiger partial charge in [0.15, 0.2) is 0 Å². The van der Waals surface area contributed by atoms with Crippen LogP contribution < -0.4 is 10.1 Å². The van der Waals surface area contributed by atoms with E-state index in [4.69, 9.17) is 9.47 Å². The highest BCUT2D eigenvalue weighted by molar-refractivity contribution is 5.95. The molecule has 3 aromatic rings. The Morgan fingerprint density at radius 2 is 1.91 bits per heavy atom. The molecule has 170 valence electrons. The number of nitrogens with zero attached hydrogens (tertiary/aromatic N) is 1. The summed E-state index contributed by atoms with van der Waals surface area (Å²) in [6.45, 7) is 3.54. The molecule has 1 saturated heterocycles. The number of amides is 1. The average molecular weight is 447 g/mol. The summed E-state index contributed by atoms with van der Waals surface area (Å²) in [5.74, 6) is 0.974. The van der Waals surface area contributed by atoms with Crippen molar-refractivity contribution in [3.05, 3.63) is 77.7 Å². The third-order valence-electron chi connectivity index (χ3n) is 6.39. The number of aryl methyl sites for hydroxylation is 1. The first-order chi connectivity index (χ1) is 16.1. The van der Waals surface area contributed by atoms with Crippen LogP contribution in [-0.2, 0) is 9.53 Å². The third kappa shape index (κ3) is 5.06. The number of rotatable bonds is 6. The SMILES string of the molecule is Cc1cc(-c2ccnc(NC(=O)[C@H]3C[C@@H]3c3cccc(F)c3)c2)ccc1OC1CCOCC1. The second kappa shape index (κ2) is 9.32. The van der Waals surface area contributed by atoms with E-state index >= 15 is 0 Å². The molecule has 33 heavy (non-hydrogen) atoms. The van der Waals surface area contributed by atoms with Gasteiger partial charge in [0, 0.05) is 25.0 Å². The quantitative estimate of drug-likeness (QED) is 0.543. The lowest BCUT2D eigenvalue weighted by Crippen LogP contribution is -2.26. The summed E-state index contributed by atoms with van der Waals surface area (Å²) in [5, 5.41) is 2.93. The van der Waals surface area contributed by atoms with Crippen LogP contribution >= 0.6 is 0 Å². The van der Waals surface area contributed by atoms with Gasteiger partial charge in [0.1, 0.15) is 23.5 Å². The molecule has 1 N–H and O–H groups in total. The molecule has 1 amide bonds. The highest BCUT2D eigenvalue weighted by atomic mass is 19.1. The van der Waals surface area contributed by atoms with E-state index in [9.17, 15) is 9.18 Å². The number of hydrogen-bond donors (Lipinski definition) is 1. The summed E-state index contributed by atoms with van der Waals surface area (Å²) >= 11 is 0. The molecule has 2 aliphatic rings. The number of pyridine rings is 1. The van der Waals surface area contributed by atoms with Crippen molar-refractivity contribution in [3.63, 3.8) is 0 Å². The van der Waals surface area contributed by atoms with Gasteiger partial charge in [-0.15, -0.1) is 0 Å². The Bertz CT molecular complexity index is 1160. The van der Waals surface area contributed by atoms with Crippen LogP contribution in [0.5, 0.6) is 5.75 Å². The fraction of sp³-hybridized carbons (Fsp3) is 0.333. The number of benzene rings is 2. The highest BCUT2D eigenvalue weighted by Gasteiger charge is 2.44. The Kier molecular flexibility index (Phi) is 6.09. The molecule has 5 rings (SSSR count). The van der Waals surface area contributed by atoms with Gasteiger partial charge in [-0.25, -0.2) is 9.37 Å². The van der Waals surface area contributed by atoms with Crippen molar-refractivity contribution in [2.75, 3.05) is 18.5 Å². The number of nitrogens with one attached hydrogen (secondary N) is 1. The van der Waals surface area contributed by atoms with E-state index in [0.29, 0.717) is 5.82 Å². The van der Waals surface area contributed by atoms with Crippen LogP contribution in [0.3, 0.4) is 0 Å². The van der Waals surface area contributed by atoms with Gasteiger partial charge in [-0.1, -0.05) is 18.2 Å². The number of halogens is 1. The number of ether oxygens (including phenoxy) is 2. The van der Waals surface area contributed by atoms with Gasteiger partial charge < -0.3 is 14.8 Å². The molecular weight excluding hydrogens is 419 g/mol. The molecule has 2 atom stereocenters. The maximum absolute atomic E-state index is 13.5. The van der Waals surface area contributed by atoms with Gasteiger partial charge in [0.05, 0.1) is 13.2 Å². The lowest BCUT2D eigenvalue weighted by molar-refractivity contribution is -0.117. The smallest absolute Gasteiger partial charge is 0.229 e. The van der Waals surface area contributed by atoms with Crippen molar-refractivity contribution in [1.82, 2.24) is 4.98 Å². The standard InChI is InChI=1S/C27H27FN2O3/c1-17-13-18(5-6-25(17)33-22-8-11-32-12-9-22)19-7-10-29-26(15-19)30-27(31)24-16-23(24)20-3-2-4-21(28)14-20/h2-7,10,13-15,22-24H,8-9,11-12,16H2,1H3,(H,29,30,31)/t23-,24+/m1/s1. The minimum Gasteiger partial charge on any atom is -0.490 e. The minimum atomic E-state index is -0.271. The summed E-state index contributed by atoms with van der Waals surface area (Å²) in [6.07, 6.45) is 4.45. The number of aromatic nitrogens is 1. The molecule has 1 aliphatic heterocycles. The van der Waals surface area contributed by atoms with E-state index in [1.54, 1.807) is 12.3 Å². The topological polar surface area (TPSA) is 60.5 Å². The Morgan fingerprint density at radius 3 is 2.70 bits per heavy atom. The van der Waals surface area contributed by atoms with Gasteiger partial charge >= 0.3 is 0 Å². The first-order valence-electron chi connectivity index (χ1n) is 11.4. The molecule has 0 bridgehead atoms. The predicted octanol–water partition coefficient (Wildman–Crippen LogP) is 5.50. The van der Waals surface area contributed by atoms with E-state index in [1.807, 2.05) is 37.3 Å². The molecule has 0 radical (unpaired) electrons. The molecule has 0 unspecified atom stereocenters. The molecule has 2 heterocycles. The van der Waals surface area contributed by atoms with Crippen molar-refractivity contribution in [2.24, 2.45) is 5.92 Å². The van der Waals surface area contributed by atoms with E-state index in [0.717, 1.165) is 60.5 Å². The van der Waals surface area contributed by atoms with Gasteiger partial charge in [-0.2, -0.15) is 0 Å². The minimum absolute atomic E-state index is 0.0646. The Hall–Kier alpha value is -3.25. The molecule has 1 aromatic heterocycles. The molecule has 1 aliphatic carbocycles. The Labute approximate surface area is 193 Å². The van der Waals surface area contributed by atoms with Gasteiger partial charge in [-0.05, 0) is 77.9 Å². The summed E-state index contributed by atoms with van der Waals surface area (Å²) in [7, 11) is 0. The lowest BCUT2D eigenvalue weighted by atomic mass is 10.0. The second-order valence-electron chi connectivity index (χ2n) is 8.83. The number of carbonyl (C=O) groups is 1. The zero-order valence-electron chi connectivity index (χ0n) is 18.6. The van der Waals surface area contributed by atoms with E-state index < -0.39 is 0 Å². The van der Waals surface area contributed by atoms with Crippen molar-refractivity contribution in [1.29, 1.82) is 0 Å². The van der Waals surface area contributed by atoms with Crippen LogP contribution in [-0.4, -0.2) is 30.2 Å². The average Bonchev–Trinajstić information content (AvgIpc) is 3.63. The van der Waals surface area contributed by atoms with Crippen LogP contribution in [0, 0.1) is 18.7 Å². The van der Waals surface area contributed by atoms with Crippen molar-refractivity contribution in [2.45, 2.75) is 38.2 Å². The lowest BCUT2D eigenvalue weighted by Gasteiger charge is -2.24. The molecule has 5 nitrogen and oxygen atoms in total. The highest BCUT2D eigenvalue weighted by Crippen LogP contribution is 2.48. The van der Waals surface area contributed by atoms with Crippen LogP contribution in [0.2, 0.25) is 0 Å². The van der Waals surface area contributed by atoms with E-state index in [1.165, 1.54) is 12.1 Å². The molecular formula is C27H27FN2O3. The summed E-state index contributed by atoms with van der Waals surface area (Å²) in [5.41, 5.74) is 3.94. The number of carbonyl (C=O) groups excluding carboxylic acids is 1. The fourth-order valence-corrected chi connectivity index (χ4v) is 4.42. The van der Waals surface area contributed by atoms with Gasteiger partial charge in [-0.3, -0.25) is 4.79 Å². The van der Waals surface area contributed by atoms with Gasteiger partial charge in [0.25, 0.3) is 0 Å². The summed E-state index contributed by atoms with van der Waals surface area (Å²) < 4.78 is 25.1. The van der Waals surface area contributed by atoms with E-state index in [-0.39, 0.29) is 29.7 Å². The molecule has 0 spiro atoms. The zero-order chi connectivity index (χ0) is 22.8. The largest absolute Gasteiger partial charge is 0.490 e. The number of anilines is 1. The third-order valence-corrected chi connectivity index (χ3v) is 6.39. The molecule has 1 saturated carbocycles. The summed E-state index contributed by atoms with van der Waals surface area (Å²) in [4.78, 5) is 17.0. The molecule has 2 fully saturated rings.